The van der Waals surface area contributed by atoms with Gasteiger partial charge in [-0.3, -0.25) is 9.78 Å². The number of pyridine rings is 2. The number of rotatable bonds is 4. The number of nitrogens with zero attached hydrogens (tertiary/aromatic N) is 2. The number of carbonyl (C=O) groups is 1. The highest BCUT2D eigenvalue weighted by molar-refractivity contribution is 7.13. The molecule has 0 saturated heterocycles. The maximum Gasteiger partial charge on any atom is 0.252 e. The summed E-state index contributed by atoms with van der Waals surface area (Å²) in [5.74, 6) is -0.119. The molecule has 1 amide bonds. The second-order valence-electron chi connectivity index (χ2n) is 6.06. The Morgan fingerprint density at radius 2 is 2.04 bits per heavy atom. The summed E-state index contributed by atoms with van der Waals surface area (Å²) in [4.78, 5) is 22.9. The number of carbonyl (C=O) groups excluding carboxylic acids is 1. The monoisotopic (exact) mass is 359 g/mol. The van der Waals surface area contributed by atoms with Crippen LogP contribution in [0.1, 0.15) is 21.6 Å². The number of aryl methyl sites for hydroxylation is 1. The van der Waals surface area contributed by atoms with Gasteiger partial charge in [0.15, 0.2) is 0 Å². The van der Waals surface area contributed by atoms with E-state index in [0.29, 0.717) is 12.1 Å². The van der Waals surface area contributed by atoms with Gasteiger partial charge in [-0.05, 0) is 48.7 Å². The Balaban J connectivity index is 1.74. The first-order valence-corrected chi connectivity index (χ1v) is 9.22. The van der Waals surface area contributed by atoms with Gasteiger partial charge in [0.05, 0.1) is 33.9 Å². The lowest BCUT2D eigenvalue weighted by Gasteiger charge is -2.10. The summed E-state index contributed by atoms with van der Waals surface area (Å²) >= 11 is 1.61. The minimum atomic E-state index is -0.119. The van der Waals surface area contributed by atoms with Gasteiger partial charge < -0.3 is 5.32 Å². The highest BCUT2D eigenvalue weighted by atomic mass is 32.1. The third kappa shape index (κ3) is 3.34. The maximum absolute atomic E-state index is 12.9. The number of hydrogen-bond acceptors (Lipinski definition) is 4. The molecule has 4 rings (SSSR count). The number of aromatic nitrogens is 2. The van der Waals surface area contributed by atoms with Crippen molar-refractivity contribution in [3.8, 4) is 10.6 Å². The fraction of sp³-hybridized carbons (Fsp3) is 0.0952. The Hall–Kier alpha value is -3.05. The molecular weight excluding hydrogens is 342 g/mol. The van der Waals surface area contributed by atoms with Gasteiger partial charge in [0.2, 0.25) is 0 Å². The lowest BCUT2D eigenvalue weighted by Crippen LogP contribution is -2.23. The lowest BCUT2D eigenvalue weighted by molar-refractivity contribution is 0.0952. The van der Waals surface area contributed by atoms with Crippen LogP contribution >= 0.6 is 11.3 Å². The summed E-state index contributed by atoms with van der Waals surface area (Å²) in [5.41, 5.74) is 4.21. The van der Waals surface area contributed by atoms with Gasteiger partial charge in [-0.15, -0.1) is 11.3 Å². The Morgan fingerprint density at radius 1 is 1.12 bits per heavy atom. The van der Waals surface area contributed by atoms with Crippen molar-refractivity contribution in [3.63, 3.8) is 0 Å². The normalized spacial score (nSPS) is 10.8. The average molecular weight is 359 g/mol. The molecule has 1 N–H and O–H groups in total. The molecule has 0 fully saturated rings. The Bertz CT molecular complexity index is 1060. The van der Waals surface area contributed by atoms with Crippen molar-refractivity contribution in [2.45, 2.75) is 13.5 Å². The van der Waals surface area contributed by atoms with Crippen LogP contribution in [0.15, 0.2) is 66.2 Å². The highest BCUT2D eigenvalue weighted by Crippen LogP contribution is 2.28. The minimum absolute atomic E-state index is 0.119. The van der Waals surface area contributed by atoms with E-state index in [-0.39, 0.29) is 5.91 Å². The van der Waals surface area contributed by atoms with Gasteiger partial charge in [0.25, 0.3) is 5.91 Å². The van der Waals surface area contributed by atoms with E-state index in [4.69, 9.17) is 4.98 Å². The zero-order valence-electron chi connectivity index (χ0n) is 14.3. The maximum atomic E-state index is 12.9. The van der Waals surface area contributed by atoms with Gasteiger partial charge in [0, 0.05) is 11.6 Å². The number of thiophene rings is 1. The molecule has 0 aliphatic carbocycles. The van der Waals surface area contributed by atoms with E-state index < -0.39 is 0 Å². The number of hydrogen-bond donors (Lipinski definition) is 1. The van der Waals surface area contributed by atoms with Crippen molar-refractivity contribution < 1.29 is 4.79 Å². The topological polar surface area (TPSA) is 54.9 Å². The van der Waals surface area contributed by atoms with E-state index in [1.54, 1.807) is 17.5 Å². The molecule has 4 nitrogen and oxygen atoms in total. The molecule has 0 saturated carbocycles. The summed E-state index contributed by atoms with van der Waals surface area (Å²) < 4.78 is 0. The smallest absolute Gasteiger partial charge is 0.252 e. The van der Waals surface area contributed by atoms with Crippen LogP contribution < -0.4 is 5.32 Å². The summed E-state index contributed by atoms with van der Waals surface area (Å²) in [7, 11) is 0. The van der Waals surface area contributed by atoms with Crippen molar-refractivity contribution in [2.24, 2.45) is 0 Å². The van der Waals surface area contributed by atoms with E-state index in [2.05, 4.69) is 10.3 Å². The molecule has 3 heterocycles. The Morgan fingerprint density at radius 3 is 2.81 bits per heavy atom. The quantitative estimate of drug-likeness (QED) is 0.579. The fourth-order valence-electron chi connectivity index (χ4n) is 2.85. The van der Waals surface area contributed by atoms with Crippen LogP contribution in [-0.4, -0.2) is 15.9 Å². The van der Waals surface area contributed by atoms with Crippen LogP contribution in [0.2, 0.25) is 0 Å². The average Bonchev–Trinajstić information content (AvgIpc) is 3.21. The molecule has 0 aliphatic heterocycles. The summed E-state index contributed by atoms with van der Waals surface area (Å²) in [6.45, 7) is 2.41. The van der Waals surface area contributed by atoms with Crippen LogP contribution in [0.5, 0.6) is 0 Å². The van der Waals surface area contributed by atoms with Crippen LogP contribution in [0, 0.1) is 6.92 Å². The zero-order valence-corrected chi connectivity index (χ0v) is 15.1. The first-order chi connectivity index (χ1) is 12.7. The molecule has 0 bridgehead atoms. The van der Waals surface area contributed by atoms with Gasteiger partial charge >= 0.3 is 0 Å². The van der Waals surface area contributed by atoms with Crippen molar-refractivity contribution in [1.82, 2.24) is 15.3 Å². The molecule has 0 spiro atoms. The van der Waals surface area contributed by atoms with E-state index >= 15 is 0 Å². The number of amides is 1. The van der Waals surface area contributed by atoms with Crippen molar-refractivity contribution in [3.05, 3.63) is 83.0 Å². The Labute approximate surface area is 155 Å². The minimum Gasteiger partial charge on any atom is -0.346 e. The van der Waals surface area contributed by atoms with E-state index in [1.165, 1.54) is 0 Å². The molecule has 4 aromatic rings. The SMILES string of the molecule is Cc1ccc2nc(-c3cccs3)cc(C(=O)NCc3ccccn3)c2c1. The molecule has 0 atom stereocenters. The first-order valence-electron chi connectivity index (χ1n) is 8.34. The van der Waals surface area contributed by atoms with Crippen molar-refractivity contribution in [1.29, 1.82) is 0 Å². The van der Waals surface area contributed by atoms with Gasteiger partial charge in [0.1, 0.15) is 0 Å². The first kappa shape index (κ1) is 16.4. The van der Waals surface area contributed by atoms with Crippen LogP contribution in [0.3, 0.4) is 0 Å². The molecule has 3 aromatic heterocycles. The van der Waals surface area contributed by atoms with E-state index in [1.807, 2.05) is 66.9 Å². The largest absolute Gasteiger partial charge is 0.346 e. The van der Waals surface area contributed by atoms with E-state index in [9.17, 15) is 4.79 Å². The lowest BCUT2D eigenvalue weighted by atomic mass is 10.0. The third-order valence-electron chi connectivity index (χ3n) is 4.14. The van der Waals surface area contributed by atoms with Crippen LogP contribution in [0.25, 0.3) is 21.5 Å². The molecule has 26 heavy (non-hydrogen) atoms. The van der Waals surface area contributed by atoms with Crippen LogP contribution in [-0.2, 0) is 6.54 Å². The second kappa shape index (κ2) is 7.06. The van der Waals surface area contributed by atoms with Crippen LogP contribution in [0.4, 0.5) is 0 Å². The second-order valence-corrected chi connectivity index (χ2v) is 7.00. The predicted molar refractivity (Wildman–Crippen MR) is 105 cm³/mol. The zero-order chi connectivity index (χ0) is 17.9. The Kier molecular flexibility index (Phi) is 4.46. The van der Waals surface area contributed by atoms with Gasteiger partial charge in [-0.25, -0.2) is 4.98 Å². The molecule has 0 aliphatic rings. The number of fused-ring (bicyclic) bond motifs is 1. The molecule has 1 aromatic carbocycles. The standard InChI is InChI=1S/C21H17N3OS/c1-14-7-8-18-16(11-14)17(12-19(24-18)20-6-4-10-26-20)21(25)23-13-15-5-2-3-9-22-15/h2-12H,13H2,1H3,(H,23,25). The molecule has 0 radical (unpaired) electrons. The molecular formula is C21H17N3OS. The van der Waals surface area contributed by atoms with E-state index in [0.717, 1.165) is 32.7 Å². The van der Waals surface area contributed by atoms with Gasteiger partial charge in [-0.1, -0.05) is 23.8 Å². The van der Waals surface area contributed by atoms with Crippen molar-refractivity contribution >= 4 is 28.1 Å². The predicted octanol–water partition coefficient (Wildman–Crippen LogP) is 4.60. The van der Waals surface area contributed by atoms with Crippen molar-refractivity contribution in [2.75, 3.05) is 0 Å². The molecule has 128 valence electrons. The summed E-state index contributed by atoms with van der Waals surface area (Å²) in [6, 6.07) is 17.5. The third-order valence-corrected chi connectivity index (χ3v) is 5.03. The number of nitrogens with one attached hydrogen (secondary N) is 1. The highest BCUT2D eigenvalue weighted by Gasteiger charge is 2.14. The molecule has 5 heteroatoms. The summed E-state index contributed by atoms with van der Waals surface area (Å²) in [5, 5.41) is 5.85. The molecule has 0 unspecified atom stereocenters. The number of benzene rings is 1. The fourth-order valence-corrected chi connectivity index (χ4v) is 3.53. The summed E-state index contributed by atoms with van der Waals surface area (Å²) in [6.07, 6.45) is 1.72. The van der Waals surface area contributed by atoms with Gasteiger partial charge in [-0.2, -0.15) is 0 Å².